The summed E-state index contributed by atoms with van der Waals surface area (Å²) < 4.78 is 2.17. The maximum atomic E-state index is 4.79. The molecule has 0 N–H and O–H groups in total. The summed E-state index contributed by atoms with van der Waals surface area (Å²) in [7, 11) is 4.19. The number of imidazole rings is 1. The van der Waals surface area contributed by atoms with E-state index in [-0.39, 0.29) is 0 Å². The second kappa shape index (κ2) is 5.89. The molecule has 124 valence electrons. The molecular weight excluding hydrogens is 298 g/mol. The average molecular weight is 321 g/mol. The number of aromatic nitrogens is 4. The van der Waals surface area contributed by atoms with Crippen LogP contribution in [0.4, 0.5) is 5.82 Å². The number of nitrogens with zero attached hydrogens (tertiary/aromatic N) is 5. The number of hydrogen-bond donors (Lipinski definition) is 0. The number of hydrogen-bond acceptors (Lipinski definition) is 4. The van der Waals surface area contributed by atoms with Gasteiger partial charge >= 0.3 is 0 Å². The fourth-order valence-corrected chi connectivity index (χ4v) is 3.63. The third-order valence-corrected chi connectivity index (χ3v) is 4.89. The first-order chi connectivity index (χ1) is 11.6. The standard InChI is InChI=1S/C19H23N5/c1-13-20-15-9-5-4-8-14(15)19(21-13)23(2)12-18-22-16-10-6-7-11-17(16)24(18)3/h6-7,10-11H,4-5,8-9,12H2,1-3H3. The molecule has 0 unspecified atom stereocenters. The topological polar surface area (TPSA) is 46.8 Å². The highest BCUT2D eigenvalue weighted by molar-refractivity contribution is 5.75. The quantitative estimate of drug-likeness (QED) is 0.743. The van der Waals surface area contributed by atoms with E-state index in [4.69, 9.17) is 9.97 Å². The van der Waals surface area contributed by atoms with Crippen LogP contribution >= 0.6 is 0 Å². The Morgan fingerprint density at radius 1 is 1.08 bits per heavy atom. The van der Waals surface area contributed by atoms with Crippen LogP contribution in [0.25, 0.3) is 11.0 Å². The van der Waals surface area contributed by atoms with E-state index in [1.807, 2.05) is 13.0 Å². The summed E-state index contributed by atoms with van der Waals surface area (Å²) in [6, 6.07) is 8.27. The van der Waals surface area contributed by atoms with E-state index in [9.17, 15) is 0 Å². The van der Waals surface area contributed by atoms with Crippen molar-refractivity contribution in [3.8, 4) is 0 Å². The lowest BCUT2D eigenvalue weighted by Gasteiger charge is -2.25. The maximum Gasteiger partial charge on any atom is 0.135 e. The van der Waals surface area contributed by atoms with E-state index in [1.54, 1.807) is 0 Å². The molecule has 2 heterocycles. The zero-order valence-corrected chi connectivity index (χ0v) is 14.6. The number of anilines is 1. The lowest BCUT2D eigenvalue weighted by atomic mass is 9.96. The van der Waals surface area contributed by atoms with Crippen LogP contribution in [0.2, 0.25) is 0 Å². The Morgan fingerprint density at radius 2 is 1.88 bits per heavy atom. The molecule has 5 nitrogen and oxygen atoms in total. The van der Waals surface area contributed by atoms with Gasteiger partial charge in [0.1, 0.15) is 17.5 Å². The highest BCUT2D eigenvalue weighted by Gasteiger charge is 2.20. The van der Waals surface area contributed by atoms with Crippen molar-refractivity contribution in [1.82, 2.24) is 19.5 Å². The predicted molar refractivity (Wildman–Crippen MR) is 96.2 cm³/mol. The third kappa shape index (κ3) is 2.54. The third-order valence-electron chi connectivity index (χ3n) is 4.89. The molecule has 0 radical (unpaired) electrons. The molecule has 0 fully saturated rings. The summed E-state index contributed by atoms with van der Waals surface area (Å²) >= 11 is 0. The van der Waals surface area contributed by atoms with Gasteiger partial charge in [-0.15, -0.1) is 0 Å². The largest absolute Gasteiger partial charge is 0.352 e. The first-order valence-corrected chi connectivity index (χ1v) is 8.61. The molecule has 0 bridgehead atoms. The zero-order valence-electron chi connectivity index (χ0n) is 14.6. The van der Waals surface area contributed by atoms with Crippen LogP contribution in [0.3, 0.4) is 0 Å². The van der Waals surface area contributed by atoms with Crippen molar-refractivity contribution < 1.29 is 0 Å². The van der Waals surface area contributed by atoms with Crippen molar-refractivity contribution in [3.63, 3.8) is 0 Å². The smallest absolute Gasteiger partial charge is 0.135 e. The first kappa shape index (κ1) is 15.1. The zero-order chi connectivity index (χ0) is 16.7. The van der Waals surface area contributed by atoms with Gasteiger partial charge in [0.25, 0.3) is 0 Å². The summed E-state index contributed by atoms with van der Waals surface area (Å²) in [5.74, 6) is 2.99. The minimum atomic E-state index is 0.744. The summed E-state index contributed by atoms with van der Waals surface area (Å²) in [5, 5.41) is 0. The van der Waals surface area contributed by atoms with Crippen molar-refractivity contribution in [3.05, 3.63) is 47.2 Å². The molecule has 0 atom stereocenters. The summed E-state index contributed by atoms with van der Waals surface area (Å²) in [6.45, 7) is 2.73. The summed E-state index contributed by atoms with van der Waals surface area (Å²) in [4.78, 5) is 16.4. The maximum absolute atomic E-state index is 4.79. The number of aryl methyl sites for hydroxylation is 3. The van der Waals surface area contributed by atoms with Crippen molar-refractivity contribution >= 4 is 16.9 Å². The van der Waals surface area contributed by atoms with Gasteiger partial charge in [0.2, 0.25) is 0 Å². The molecular formula is C19H23N5. The van der Waals surface area contributed by atoms with Crippen molar-refractivity contribution in [2.75, 3.05) is 11.9 Å². The molecule has 1 aliphatic carbocycles. The van der Waals surface area contributed by atoms with Crippen LogP contribution in [0, 0.1) is 6.92 Å². The molecule has 2 aromatic heterocycles. The molecule has 0 saturated heterocycles. The van der Waals surface area contributed by atoms with Crippen molar-refractivity contribution in [2.24, 2.45) is 7.05 Å². The molecule has 24 heavy (non-hydrogen) atoms. The molecule has 0 spiro atoms. The van der Waals surface area contributed by atoms with Crippen LogP contribution in [0.1, 0.15) is 35.7 Å². The van der Waals surface area contributed by atoms with E-state index in [0.29, 0.717) is 0 Å². The van der Waals surface area contributed by atoms with E-state index in [0.717, 1.165) is 42.4 Å². The minimum absolute atomic E-state index is 0.744. The normalized spacial score (nSPS) is 14.0. The number of benzene rings is 1. The van der Waals surface area contributed by atoms with Gasteiger partial charge in [-0.05, 0) is 44.7 Å². The van der Waals surface area contributed by atoms with Gasteiger partial charge in [0, 0.05) is 25.4 Å². The SMILES string of the molecule is Cc1nc2c(c(N(C)Cc3nc4ccccc4n3C)n1)CCCC2. The molecule has 0 saturated carbocycles. The molecule has 3 aromatic rings. The molecule has 0 amide bonds. The number of para-hydroxylation sites is 2. The first-order valence-electron chi connectivity index (χ1n) is 8.61. The predicted octanol–water partition coefficient (Wildman–Crippen LogP) is 3.19. The van der Waals surface area contributed by atoms with Crippen molar-refractivity contribution in [2.45, 2.75) is 39.2 Å². The van der Waals surface area contributed by atoms with Gasteiger partial charge in [0.15, 0.2) is 0 Å². The second-order valence-corrected chi connectivity index (χ2v) is 6.66. The van der Waals surface area contributed by atoms with Crippen molar-refractivity contribution in [1.29, 1.82) is 0 Å². The highest BCUT2D eigenvalue weighted by atomic mass is 15.2. The van der Waals surface area contributed by atoms with E-state index < -0.39 is 0 Å². The van der Waals surface area contributed by atoms with Crippen LogP contribution in [-0.4, -0.2) is 26.6 Å². The number of fused-ring (bicyclic) bond motifs is 2. The molecule has 4 rings (SSSR count). The van der Waals surface area contributed by atoms with Crippen LogP contribution < -0.4 is 4.90 Å². The van der Waals surface area contributed by atoms with E-state index >= 15 is 0 Å². The lowest BCUT2D eigenvalue weighted by molar-refractivity contribution is 0.651. The lowest BCUT2D eigenvalue weighted by Crippen LogP contribution is -2.24. The Labute approximate surface area is 142 Å². The Balaban J connectivity index is 1.70. The van der Waals surface area contributed by atoms with Crippen LogP contribution in [0.5, 0.6) is 0 Å². The Morgan fingerprint density at radius 3 is 2.71 bits per heavy atom. The summed E-state index contributed by atoms with van der Waals surface area (Å²) in [5.41, 5.74) is 4.78. The van der Waals surface area contributed by atoms with E-state index in [2.05, 4.69) is 46.7 Å². The van der Waals surface area contributed by atoms with Gasteiger partial charge < -0.3 is 9.47 Å². The monoisotopic (exact) mass is 321 g/mol. The van der Waals surface area contributed by atoms with Gasteiger partial charge in [-0.1, -0.05) is 12.1 Å². The Kier molecular flexibility index (Phi) is 3.71. The Bertz CT molecular complexity index is 896. The minimum Gasteiger partial charge on any atom is -0.352 e. The van der Waals surface area contributed by atoms with E-state index in [1.165, 1.54) is 29.6 Å². The second-order valence-electron chi connectivity index (χ2n) is 6.66. The van der Waals surface area contributed by atoms with Gasteiger partial charge in [-0.25, -0.2) is 15.0 Å². The fraction of sp³-hybridized carbons (Fsp3) is 0.421. The molecule has 1 aliphatic rings. The molecule has 1 aromatic carbocycles. The van der Waals surface area contributed by atoms with Gasteiger partial charge in [-0.3, -0.25) is 0 Å². The number of rotatable bonds is 3. The molecule has 5 heteroatoms. The van der Waals surface area contributed by atoms with Crippen LogP contribution in [0.15, 0.2) is 24.3 Å². The highest BCUT2D eigenvalue weighted by Crippen LogP contribution is 2.28. The Hall–Kier alpha value is -2.43. The van der Waals surface area contributed by atoms with Crippen LogP contribution in [-0.2, 0) is 26.4 Å². The summed E-state index contributed by atoms with van der Waals surface area (Å²) in [6.07, 6.45) is 4.62. The molecule has 0 aliphatic heterocycles. The fourth-order valence-electron chi connectivity index (χ4n) is 3.63. The average Bonchev–Trinajstić information content (AvgIpc) is 2.90. The van der Waals surface area contributed by atoms with Gasteiger partial charge in [-0.2, -0.15) is 0 Å². The van der Waals surface area contributed by atoms with Gasteiger partial charge in [0.05, 0.1) is 17.6 Å².